The summed E-state index contributed by atoms with van der Waals surface area (Å²) < 4.78 is 33.4. The van der Waals surface area contributed by atoms with Gasteiger partial charge in [0.15, 0.2) is 6.10 Å². The monoisotopic (exact) mass is 431 g/mol. The molecule has 1 rings (SSSR count). The minimum atomic E-state index is -1.21. The van der Waals surface area contributed by atoms with Crippen LogP contribution in [0, 0.1) is 11.8 Å². The van der Waals surface area contributed by atoms with Crippen molar-refractivity contribution in [1.29, 1.82) is 0 Å². The zero-order valence-electron chi connectivity index (χ0n) is 18.4. The van der Waals surface area contributed by atoms with Gasteiger partial charge in [-0.25, -0.2) is 0 Å². The number of hydrogen-bond donors (Lipinski definition) is 0. The molecule has 0 saturated carbocycles. The lowest BCUT2D eigenvalue weighted by Gasteiger charge is -2.49. The molecule has 0 aromatic rings. The number of nitrogens with zero attached hydrogens (tertiary/aromatic N) is 3. The summed E-state index contributed by atoms with van der Waals surface area (Å²) in [5, 5.41) is 3.36. The van der Waals surface area contributed by atoms with Crippen LogP contribution in [0.1, 0.15) is 34.6 Å². The lowest BCUT2D eigenvalue weighted by atomic mass is 9.80. The first kappa shape index (κ1) is 26.1. The second kappa shape index (κ2) is 13.4. The molecular weight excluding hydrogens is 398 g/mol. The third-order valence-corrected chi connectivity index (χ3v) is 4.93. The van der Waals surface area contributed by atoms with Gasteiger partial charge in [0, 0.05) is 31.2 Å². The van der Waals surface area contributed by atoms with E-state index in [-0.39, 0.29) is 38.2 Å². The molecule has 0 N–H and O–H groups in total. The van der Waals surface area contributed by atoms with E-state index in [1.54, 1.807) is 6.92 Å². The van der Waals surface area contributed by atoms with Crippen molar-refractivity contribution in [2.24, 2.45) is 17.0 Å². The number of esters is 2. The first-order valence-corrected chi connectivity index (χ1v) is 10.00. The molecule has 11 nitrogen and oxygen atoms in total. The zero-order chi connectivity index (χ0) is 22.6. The second-order valence-electron chi connectivity index (χ2n) is 7.25. The predicted molar refractivity (Wildman–Crippen MR) is 105 cm³/mol. The fourth-order valence-electron chi connectivity index (χ4n) is 3.24. The van der Waals surface area contributed by atoms with E-state index in [1.807, 2.05) is 13.8 Å². The Bertz CT molecular complexity index is 596. The van der Waals surface area contributed by atoms with Crippen LogP contribution in [-0.2, 0) is 38.0 Å². The zero-order valence-corrected chi connectivity index (χ0v) is 18.4. The Hall–Kier alpha value is -1.91. The van der Waals surface area contributed by atoms with E-state index < -0.39 is 29.9 Å². The molecule has 1 aliphatic heterocycles. The number of azide groups is 1. The van der Waals surface area contributed by atoms with Gasteiger partial charge in [-0.3, -0.25) is 9.59 Å². The minimum absolute atomic E-state index is 0.0239. The van der Waals surface area contributed by atoms with Crippen LogP contribution in [0.3, 0.4) is 0 Å². The highest BCUT2D eigenvalue weighted by Gasteiger charge is 2.52. The van der Waals surface area contributed by atoms with Crippen molar-refractivity contribution in [2.45, 2.75) is 52.6 Å². The predicted octanol–water partition coefficient (Wildman–Crippen LogP) is 2.23. The molecule has 11 heteroatoms. The van der Waals surface area contributed by atoms with Gasteiger partial charge in [-0.05, 0) is 18.4 Å². The summed E-state index contributed by atoms with van der Waals surface area (Å²) in [4.78, 5) is 25.4. The van der Waals surface area contributed by atoms with Gasteiger partial charge >= 0.3 is 11.9 Å². The van der Waals surface area contributed by atoms with Gasteiger partial charge in [0.05, 0.1) is 39.1 Å². The molecule has 172 valence electrons. The Kier molecular flexibility index (Phi) is 11.7. The number of rotatable bonds is 13. The van der Waals surface area contributed by atoms with Gasteiger partial charge in [0.2, 0.25) is 5.79 Å². The smallest absolute Gasteiger partial charge is 0.303 e. The van der Waals surface area contributed by atoms with E-state index in [0.29, 0.717) is 19.8 Å². The van der Waals surface area contributed by atoms with E-state index in [4.69, 9.17) is 34.0 Å². The van der Waals surface area contributed by atoms with Crippen molar-refractivity contribution in [2.75, 3.05) is 46.2 Å². The number of hydrogen-bond acceptors (Lipinski definition) is 9. The molecule has 1 fully saturated rings. The molecule has 0 amide bonds. The molecule has 0 aromatic heterocycles. The van der Waals surface area contributed by atoms with Gasteiger partial charge in [-0.2, -0.15) is 0 Å². The summed E-state index contributed by atoms with van der Waals surface area (Å²) in [7, 11) is 0. The Morgan fingerprint density at radius 2 is 1.67 bits per heavy atom. The van der Waals surface area contributed by atoms with Crippen molar-refractivity contribution in [3.63, 3.8) is 0 Å². The van der Waals surface area contributed by atoms with Crippen LogP contribution in [0.15, 0.2) is 5.11 Å². The van der Waals surface area contributed by atoms with E-state index >= 15 is 0 Å². The fourth-order valence-corrected chi connectivity index (χ4v) is 3.24. The van der Waals surface area contributed by atoms with Gasteiger partial charge in [0.25, 0.3) is 0 Å². The highest BCUT2D eigenvalue weighted by atomic mass is 16.7. The summed E-state index contributed by atoms with van der Waals surface area (Å²) in [6.07, 6.45) is -1.02. The summed E-state index contributed by atoms with van der Waals surface area (Å²) >= 11 is 0. The molecule has 30 heavy (non-hydrogen) atoms. The lowest BCUT2D eigenvalue weighted by molar-refractivity contribution is -0.342. The maximum absolute atomic E-state index is 11.6. The summed E-state index contributed by atoms with van der Waals surface area (Å²) in [6.45, 7) is 10.2. The SMILES string of the molecule is CC(=O)OCC1O[C@](C)(OCCOCCOCCN=[N+]=[N-])C(OC(C)=O)[C@@H](C)[C@@H]1C. The molecule has 5 atom stereocenters. The Balaban J connectivity index is 2.56. The molecule has 1 saturated heterocycles. The second-order valence-corrected chi connectivity index (χ2v) is 7.25. The number of carbonyl (C=O) groups excluding carboxylic acids is 2. The van der Waals surface area contributed by atoms with E-state index in [2.05, 4.69) is 10.0 Å². The largest absolute Gasteiger partial charge is 0.463 e. The summed E-state index contributed by atoms with van der Waals surface area (Å²) in [6, 6.07) is 0. The fraction of sp³-hybridized carbons (Fsp3) is 0.895. The average molecular weight is 431 g/mol. The van der Waals surface area contributed by atoms with E-state index in [1.165, 1.54) is 13.8 Å². The van der Waals surface area contributed by atoms with Crippen molar-refractivity contribution < 1.29 is 38.0 Å². The Morgan fingerprint density at radius 1 is 1.03 bits per heavy atom. The first-order valence-electron chi connectivity index (χ1n) is 10.00. The molecule has 2 unspecified atom stereocenters. The van der Waals surface area contributed by atoms with Crippen molar-refractivity contribution in [1.82, 2.24) is 0 Å². The highest BCUT2D eigenvalue weighted by molar-refractivity contribution is 5.66. The van der Waals surface area contributed by atoms with Crippen LogP contribution in [-0.4, -0.2) is 76.1 Å². The number of ether oxygens (including phenoxy) is 6. The maximum atomic E-state index is 11.6. The van der Waals surface area contributed by atoms with Crippen molar-refractivity contribution in [3.05, 3.63) is 10.4 Å². The van der Waals surface area contributed by atoms with Gasteiger partial charge in [-0.1, -0.05) is 19.0 Å². The molecule has 0 aliphatic carbocycles. The molecule has 0 bridgehead atoms. The van der Waals surface area contributed by atoms with Crippen LogP contribution in [0.2, 0.25) is 0 Å². The normalized spacial score (nSPS) is 28.4. The standard InChI is InChI=1S/C19H33N3O8/c1-13-14(2)18(29-16(4)24)19(5,30-17(13)12-27-15(3)23)28-11-10-26-9-8-25-7-6-21-22-20/h13-14,17-18H,6-12H2,1-5H3/t13-,14-,17?,18?,19-/m0/s1. The molecule has 0 radical (unpaired) electrons. The maximum Gasteiger partial charge on any atom is 0.303 e. The van der Waals surface area contributed by atoms with Crippen LogP contribution >= 0.6 is 0 Å². The van der Waals surface area contributed by atoms with Gasteiger partial charge in [0.1, 0.15) is 6.61 Å². The van der Waals surface area contributed by atoms with Crippen LogP contribution in [0.25, 0.3) is 10.4 Å². The third-order valence-electron chi connectivity index (χ3n) is 4.93. The van der Waals surface area contributed by atoms with Crippen LogP contribution in [0.4, 0.5) is 0 Å². The van der Waals surface area contributed by atoms with Gasteiger partial charge in [-0.15, -0.1) is 0 Å². The third kappa shape index (κ3) is 8.85. The summed E-state index contributed by atoms with van der Waals surface area (Å²) in [5.74, 6) is -2.14. The molecule has 0 spiro atoms. The highest BCUT2D eigenvalue weighted by Crippen LogP contribution is 2.39. The Labute approximate surface area is 176 Å². The van der Waals surface area contributed by atoms with E-state index in [0.717, 1.165) is 0 Å². The lowest BCUT2D eigenvalue weighted by Crippen LogP contribution is -2.60. The molecule has 1 heterocycles. The van der Waals surface area contributed by atoms with Crippen LogP contribution in [0.5, 0.6) is 0 Å². The van der Waals surface area contributed by atoms with E-state index in [9.17, 15) is 9.59 Å². The quantitative estimate of drug-likeness (QED) is 0.142. The topological polar surface area (TPSA) is 138 Å². The summed E-state index contributed by atoms with van der Waals surface area (Å²) in [5.41, 5.74) is 8.17. The molecule has 0 aromatic carbocycles. The van der Waals surface area contributed by atoms with Crippen LogP contribution < -0.4 is 0 Å². The van der Waals surface area contributed by atoms with Gasteiger partial charge < -0.3 is 28.4 Å². The van der Waals surface area contributed by atoms with Crippen molar-refractivity contribution >= 4 is 11.9 Å². The molecule has 1 aliphatic rings. The molecular formula is C19H33N3O8. The first-order chi connectivity index (χ1) is 14.2. The van der Waals surface area contributed by atoms with Crippen molar-refractivity contribution in [3.8, 4) is 0 Å². The minimum Gasteiger partial charge on any atom is -0.463 e. The Morgan fingerprint density at radius 3 is 2.27 bits per heavy atom. The average Bonchev–Trinajstić information content (AvgIpc) is 2.68. The number of carbonyl (C=O) groups is 2.